The Labute approximate surface area is 96.2 Å². The van der Waals surface area contributed by atoms with E-state index in [1.165, 1.54) is 11.3 Å². The van der Waals surface area contributed by atoms with Crippen LogP contribution in [0.1, 0.15) is 17.4 Å². The zero-order valence-corrected chi connectivity index (χ0v) is 9.29. The topological polar surface area (TPSA) is 59.1 Å². The summed E-state index contributed by atoms with van der Waals surface area (Å²) in [7, 11) is 0. The van der Waals surface area contributed by atoms with Gasteiger partial charge in [-0.15, -0.1) is 11.3 Å². The minimum absolute atomic E-state index is 0.441. The van der Waals surface area contributed by atoms with Gasteiger partial charge in [0.05, 0.1) is 5.69 Å². The summed E-state index contributed by atoms with van der Waals surface area (Å²) in [5.74, 6) is 0. The predicted octanol–water partition coefficient (Wildman–Crippen LogP) is 2.46. The Morgan fingerprint density at radius 3 is 2.73 bits per heavy atom. The number of halogens is 1. The summed E-state index contributed by atoms with van der Waals surface area (Å²) in [5.41, 5.74) is 6.67. The second kappa shape index (κ2) is 4.18. The normalized spacial score (nSPS) is 12.7. The molecule has 0 spiro atoms. The van der Waals surface area contributed by atoms with Crippen molar-refractivity contribution in [3.05, 3.63) is 45.9 Å². The van der Waals surface area contributed by atoms with Crippen molar-refractivity contribution in [2.75, 3.05) is 5.73 Å². The summed E-state index contributed by atoms with van der Waals surface area (Å²) in [4.78, 5) is 4.02. The van der Waals surface area contributed by atoms with Crippen LogP contribution in [-0.2, 0) is 0 Å². The number of nitrogen functional groups attached to an aromatic ring is 1. The molecule has 3 N–H and O–H groups in total. The molecular formula is C10H9ClN2OS. The van der Waals surface area contributed by atoms with E-state index in [4.69, 9.17) is 17.3 Å². The van der Waals surface area contributed by atoms with Crippen LogP contribution in [0.15, 0.2) is 29.6 Å². The van der Waals surface area contributed by atoms with Crippen LogP contribution in [0.25, 0.3) is 0 Å². The second-order valence-electron chi connectivity index (χ2n) is 3.03. The van der Waals surface area contributed by atoms with E-state index in [0.717, 1.165) is 0 Å². The lowest BCUT2D eigenvalue weighted by Gasteiger charge is -2.09. The molecule has 0 saturated heterocycles. The lowest BCUT2D eigenvalue weighted by Crippen LogP contribution is -2.01. The minimum Gasteiger partial charge on any atom is -0.382 e. The molecule has 0 aliphatic carbocycles. The van der Waals surface area contributed by atoms with Gasteiger partial charge >= 0.3 is 0 Å². The Morgan fingerprint density at radius 2 is 2.13 bits per heavy atom. The Bertz CT molecular complexity index is 472. The quantitative estimate of drug-likeness (QED) is 0.848. The molecule has 1 unspecified atom stereocenters. The van der Waals surface area contributed by atoms with E-state index in [1.807, 2.05) is 12.1 Å². The van der Waals surface area contributed by atoms with Crippen molar-refractivity contribution in [2.45, 2.75) is 6.10 Å². The minimum atomic E-state index is -0.813. The molecule has 1 aromatic heterocycles. The zero-order chi connectivity index (χ0) is 10.8. The SMILES string of the molecule is Nc1nc(C(O)c2ccccc2Cl)cs1. The first kappa shape index (κ1) is 10.4. The van der Waals surface area contributed by atoms with Crippen molar-refractivity contribution < 1.29 is 5.11 Å². The van der Waals surface area contributed by atoms with Crippen LogP contribution in [0.5, 0.6) is 0 Å². The fourth-order valence-corrected chi connectivity index (χ4v) is 2.10. The Kier molecular flexibility index (Phi) is 2.90. The third-order valence-corrected chi connectivity index (χ3v) is 3.06. The van der Waals surface area contributed by atoms with Gasteiger partial charge in [-0.2, -0.15) is 0 Å². The number of benzene rings is 1. The number of hydrogen-bond donors (Lipinski definition) is 2. The number of aliphatic hydroxyl groups is 1. The van der Waals surface area contributed by atoms with Crippen LogP contribution in [0.2, 0.25) is 5.02 Å². The van der Waals surface area contributed by atoms with E-state index in [2.05, 4.69) is 4.98 Å². The maximum absolute atomic E-state index is 9.99. The molecule has 0 radical (unpaired) electrons. The number of thiazole rings is 1. The van der Waals surface area contributed by atoms with Crippen LogP contribution in [0, 0.1) is 0 Å². The highest BCUT2D eigenvalue weighted by Gasteiger charge is 2.15. The van der Waals surface area contributed by atoms with Gasteiger partial charge in [0.2, 0.25) is 0 Å². The molecule has 2 aromatic rings. The number of nitrogens with zero attached hydrogens (tertiary/aromatic N) is 1. The smallest absolute Gasteiger partial charge is 0.180 e. The molecule has 5 heteroatoms. The number of nitrogens with two attached hydrogens (primary N) is 1. The zero-order valence-electron chi connectivity index (χ0n) is 7.72. The molecule has 1 aromatic carbocycles. The van der Waals surface area contributed by atoms with Crippen LogP contribution in [-0.4, -0.2) is 10.1 Å². The maximum atomic E-state index is 9.99. The number of hydrogen-bond acceptors (Lipinski definition) is 4. The maximum Gasteiger partial charge on any atom is 0.180 e. The number of rotatable bonds is 2. The molecule has 0 fully saturated rings. The molecule has 78 valence electrons. The van der Waals surface area contributed by atoms with Gasteiger partial charge in [0.1, 0.15) is 6.10 Å². The average Bonchev–Trinajstić information content (AvgIpc) is 2.65. The van der Waals surface area contributed by atoms with Crippen molar-refractivity contribution >= 4 is 28.1 Å². The fraction of sp³-hybridized carbons (Fsp3) is 0.100. The van der Waals surface area contributed by atoms with E-state index in [1.54, 1.807) is 17.5 Å². The summed E-state index contributed by atoms with van der Waals surface area (Å²) in [6.45, 7) is 0. The molecule has 0 aliphatic rings. The van der Waals surface area contributed by atoms with Crippen molar-refractivity contribution in [1.29, 1.82) is 0 Å². The molecular weight excluding hydrogens is 232 g/mol. The van der Waals surface area contributed by atoms with E-state index in [0.29, 0.717) is 21.4 Å². The highest BCUT2D eigenvalue weighted by molar-refractivity contribution is 7.13. The van der Waals surface area contributed by atoms with Gasteiger partial charge in [0.25, 0.3) is 0 Å². The fourth-order valence-electron chi connectivity index (χ4n) is 1.28. The third-order valence-electron chi connectivity index (χ3n) is 2.02. The van der Waals surface area contributed by atoms with Crippen molar-refractivity contribution in [3.63, 3.8) is 0 Å². The first-order valence-corrected chi connectivity index (χ1v) is 5.57. The Balaban J connectivity index is 2.36. The molecule has 0 saturated carbocycles. The standard InChI is InChI=1S/C10H9ClN2OS/c11-7-4-2-1-3-6(7)9(14)8-5-15-10(12)13-8/h1-5,9,14H,(H2,12,13). The summed E-state index contributed by atoms with van der Waals surface area (Å²) in [6.07, 6.45) is -0.813. The van der Waals surface area contributed by atoms with Crippen molar-refractivity contribution in [2.24, 2.45) is 0 Å². The van der Waals surface area contributed by atoms with Crippen LogP contribution >= 0.6 is 22.9 Å². The number of aliphatic hydroxyl groups excluding tert-OH is 1. The monoisotopic (exact) mass is 240 g/mol. The van der Waals surface area contributed by atoms with E-state index in [-0.39, 0.29) is 0 Å². The molecule has 15 heavy (non-hydrogen) atoms. The van der Waals surface area contributed by atoms with Gasteiger partial charge < -0.3 is 10.8 Å². The average molecular weight is 241 g/mol. The molecule has 3 nitrogen and oxygen atoms in total. The Hall–Kier alpha value is -1.10. The lowest BCUT2D eigenvalue weighted by molar-refractivity contribution is 0.216. The molecule has 2 rings (SSSR count). The second-order valence-corrected chi connectivity index (χ2v) is 4.33. The third kappa shape index (κ3) is 2.12. The predicted molar refractivity (Wildman–Crippen MR) is 62.0 cm³/mol. The van der Waals surface area contributed by atoms with Crippen LogP contribution in [0.3, 0.4) is 0 Å². The summed E-state index contributed by atoms with van der Waals surface area (Å²) < 4.78 is 0. The first-order valence-electron chi connectivity index (χ1n) is 4.32. The highest BCUT2D eigenvalue weighted by Crippen LogP contribution is 2.29. The van der Waals surface area contributed by atoms with Crippen molar-refractivity contribution in [3.8, 4) is 0 Å². The molecule has 0 bridgehead atoms. The van der Waals surface area contributed by atoms with E-state index < -0.39 is 6.10 Å². The molecule has 0 aliphatic heterocycles. The van der Waals surface area contributed by atoms with Crippen LogP contribution in [0.4, 0.5) is 5.13 Å². The van der Waals surface area contributed by atoms with Gasteiger partial charge in [-0.1, -0.05) is 29.8 Å². The number of aromatic nitrogens is 1. The number of anilines is 1. The lowest BCUT2D eigenvalue weighted by atomic mass is 10.1. The largest absolute Gasteiger partial charge is 0.382 e. The van der Waals surface area contributed by atoms with Crippen molar-refractivity contribution in [1.82, 2.24) is 4.98 Å². The molecule has 1 atom stereocenters. The van der Waals surface area contributed by atoms with Gasteiger partial charge in [-0.05, 0) is 6.07 Å². The summed E-state index contributed by atoms with van der Waals surface area (Å²) in [6, 6.07) is 7.13. The summed E-state index contributed by atoms with van der Waals surface area (Å²) in [5, 5.41) is 12.7. The molecule has 1 heterocycles. The highest BCUT2D eigenvalue weighted by atomic mass is 35.5. The van der Waals surface area contributed by atoms with Crippen LogP contribution < -0.4 is 5.73 Å². The van der Waals surface area contributed by atoms with Gasteiger partial charge in [0.15, 0.2) is 5.13 Å². The first-order chi connectivity index (χ1) is 7.18. The van der Waals surface area contributed by atoms with Gasteiger partial charge in [-0.25, -0.2) is 4.98 Å². The summed E-state index contributed by atoms with van der Waals surface area (Å²) >= 11 is 7.26. The van der Waals surface area contributed by atoms with Gasteiger partial charge in [-0.3, -0.25) is 0 Å². The van der Waals surface area contributed by atoms with E-state index >= 15 is 0 Å². The van der Waals surface area contributed by atoms with E-state index in [9.17, 15) is 5.11 Å². The van der Waals surface area contributed by atoms with Gasteiger partial charge in [0, 0.05) is 16.0 Å². The Morgan fingerprint density at radius 1 is 1.40 bits per heavy atom. The molecule has 0 amide bonds.